The largest absolute Gasteiger partial charge is 0.484 e. The average Bonchev–Trinajstić information content (AvgIpc) is 2.73. The van der Waals surface area contributed by atoms with Gasteiger partial charge in [0.2, 0.25) is 0 Å². The van der Waals surface area contributed by atoms with Crippen LogP contribution < -0.4 is 15.4 Å². The van der Waals surface area contributed by atoms with Gasteiger partial charge in [0.1, 0.15) is 17.6 Å². The lowest BCUT2D eigenvalue weighted by Crippen LogP contribution is -2.40. The van der Waals surface area contributed by atoms with E-state index >= 15 is 0 Å². The molecule has 162 valence electrons. The molecular weight excluding hydrogens is 376 g/mol. The highest BCUT2D eigenvalue weighted by Crippen LogP contribution is 2.35. The number of aliphatic hydroxyl groups is 1. The number of ether oxygens (including phenoxy) is 2. The second-order valence-corrected chi connectivity index (χ2v) is 9.13. The van der Waals surface area contributed by atoms with Crippen molar-refractivity contribution in [2.75, 3.05) is 18.9 Å². The Bertz CT molecular complexity index is 896. The number of hydrogen-bond acceptors (Lipinski definition) is 5. The highest BCUT2D eigenvalue weighted by atomic mass is 16.5. The molecule has 5 heteroatoms. The first kappa shape index (κ1) is 21.2. The van der Waals surface area contributed by atoms with Gasteiger partial charge in [-0.25, -0.2) is 0 Å². The summed E-state index contributed by atoms with van der Waals surface area (Å²) in [6.07, 6.45) is 2.59. The quantitative estimate of drug-likeness (QED) is 0.690. The van der Waals surface area contributed by atoms with Gasteiger partial charge in [-0.05, 0) is 68.1 Å². The van der Waals surface area contributed by atoms with E-state index < -0.39 is 0 Å². The number of anilines is 1. The average molecular weight is 411 g/mol. The predicted octanol–water partition coefficient (Wildman–Crippen LogP) is 4.18. The van der Waals surface area contributed by atoms with E-state index in [0.717, 1.165) is 36.4 Å². The SMILES string of the molecule is CCc1ccc(C2CC(O)CC(NC)O2)cc1Cc1ccc2c(c1)NCC(C)(C)O2. The third-order valence-corrected chi connectivity index (χ3v) is 6.14. The molecule has 1 saturated heterocycles. The molecule has 3 atom stereocenters. The number of benzene rings is 2. The molecule has 0 radical (unpaired) electrons. The third-order valence-electron chi connectivity index (χ3n) is 6.14. The summed E-state index contributed by atoms with van der Waals surface area (Å²) < 4.78 is 12.3. The van der Waals surface area contributed by atoms with Crippen molar-refractivity contribution >= 4 is 5.69 Å². The van der Waals surface area contributed by atoms with E-state index in [0.29, 0.717) is 12.8 Å². The Kier molecular flexibility index (Phi) is 6.05. The summed E-state index contributed by atoms with van der Waals surface area (Å²) in [5.74, 6) is 0.919. The fourth-order valence-electron chi connectivity index (χ4n) is 4.43. The molecular formula is C25H34N2O3. The Morgan fingerprint density at radius 3 is 2.73 bits per heavy atom. The third kappa shape index (κ3) is 4.64. The van der Waals surface area contributed by atoms with Gasteiger partial charge in [-0.2, -0.15) is 0 Å². The van der Waals surface area contributed by atoms with Crippen molar-refractivity contribution < 1.29 is 14.6 Å². The minimum Gasteiger partial charge on any atom is -0.484 e. The van der Waals surface area contributed by atoms with E-state index in [9.17, 15) is 5.11 Å². The summed E-state index contributed by atoms with van der Waals surface area (Å²) in [6.45, 7) is 7.19. The van der Waals surface area contributed by atoms with Gasteiger partial charge in [0.05, 0.1) is 24.4 Å². The van der Waals surface area contributed by atoms with Crippen LogP contribution in [0.2, 0.25) is 0 Å². The topological polar surface area (TPSA) is 62.8 Å². The van der Waals surface area contributed by atoms with Gasteiger partial charge in [0.25, 0.3) is 0 Å². The lowest BCUT2D eigenvalue weighted by atomic mass is 9.91. The second-order valence-electron chi connectivity index (χ2n) is 9.13. The molecule has 3 N–H and O–H groups in total. The summed E-state index contributed by atoms with van der Waals surface area (Å²) in [6, 6.07) is 13.1. The molecule has 2 aromatic carbocycles. The minimum atomic E-state index is -0.341. The molecule has 0 saturated carbocycles. The molecule has 5 nitrogen and oxygen atoms in total. The molecule has 4 rings (SSSR count). The smallest absolute Gasteiger partial charge is 0.143 e. The van der Waals surface area contributed by atoms with Crippen LogP contribution in [0.15, 0.2) is 36.4 Å². The van der Waals surface area contributed by atoms with Crippen LogP contribution in [0.4, 0.5) is 5.69 Å². The van der Waals surface area contributed by atoms with E-state index in [2.05, 4.69) is 67.8 Å². The number of aliphatic hydroxyl groups excluding tert-OH is 1. The molecule has 1 fully saturated rings. The molecule has 3 unspecified atom stereocenters. The molecule has 30 heavy (non-hydrogen) atoms. The maximum absolute atomic E-state index is 10.3. The van der Waals surface area contributed by atoms with E-state index in [1.807, 2.05) is 7.05 Å². The van der Waals surface area contributed by atoms with Gasteiger partial charge in [-0.3, -0.25) is 5.32 Å². The van der Waals surface area contributed by atoms with E-state index in [4.69, 9.17) is 9.47 Å². The molecule has 0 spiro atoms. The van der Waals surface area contributed by atoms with E-state index in [-0.39, 0.29) is 24.0 Å². The molecule has 0 amide bonds. The Balaban J connectivity index is 1.57. The van der Waals surface area contributed by atoms with Crippen LogP contribution in [0.5, 0.6) is 5.75 Å². The van der Waals surface area contributed by atoms with Crippen molar-refractivity contribution in [1.29, 1.82) is 0 Å². The van der Waals surface area contributed by atoms with Gasteiger partial charge in [0.15, 0.2) is 0 Å². The first-order valence-corrected chi connectivity index (χ1v) is 11.0. The van der Waals surface area contributed by atoms with Gasteiger partial charge in [-0.15, -0.1) is 0 Å². The Morgan fingerprint density at radius 1 is 1.13 bits per heavy atom. The van der Waals surface area contributed by atoms with Crippen LogP contribution >= 0.6 is 0 Å². The Labute approximate surface area is 179 Å². The maximum Gasteiger partial charge on any atom is 0.143 e. The van der Waals surface area contributed by atoms with Crippen LogP contribution in [-0.2, 0) is 17.6 Å². The van der Waals surface area contributed by atoms with Gasteiger partial charge >= 0.3 is 0 Å². The summed E-state index contributed by atoms with van der Waals surface area (Å²) in [7, 11) is 1.88. The minimum absolute atomic E-state index is 0.0864. The molecule has 2 heterocycles. The Hall–Kier alpha value is -2.08. The molecule has 0 aromatic heterocycles. The van der Waals surface area contributed by atoms with E-state index in [1.165, 1.54) is 16.7 Å². The van der Waals surface area contributed by atoms with Crippen LogP contribution in [0.25, 0.3) is 0 Å². The number of fused-ring (bicyclic) bond motifs is 1. The van der Waals surface area contributed by atoms with Crippen molar-refractivity contribution in [2.45, 2.75) is 70.5 Å². The normalized spacial score (nSPS) is 25.2. The highest BCUT2D eigenvalue weighted by molar-refractivity contribution is 5.60. The van der Waals surface area contributed by atoms with Gasteiger partial charge in [0, 0.05) is 12.8 Å². The zero-order valence-corrected chi connectivity index (χ0v) is 18.5. The van der Waals surface area contributed by atoms with Crippen molar-refractivity contribution in [1.82, 2.24) is 5.32 Å². The Morgan fingerprint density at radius 2 is 1.97 bits per heavy atom. The molecule has 2 aliphatic rings. The highest BCUT2D eigenvalue weighted by Gasteiger charge is 2.29. The number of nitrogens with one attached hydrogen (secondary N) is 2. The monoisotopic (exact) mass is 410 g/mol. The summed E-state index contributed by atoms with van der Waals surface area (Å²) in [4.78, 5) is 0. The number of aryl methyl sites for hydroxylation is 1. The molecule has 2 aromatic rings. The van der Waals surface area contributed by atoms with Crippen LogP contribution in [0, 0.1) is 0 Å². The molecule has 2 aliphatic heterocycles. The predicted molar refractivity (Wildman–Crippen MR) is 120 cm³/mol. The fraction of sp³-hybridized carbons (Fsp3) is 0.520. The zero-order chi connectivity index (χ0) is 21.3. The van der Waals surface area contributed by atoms with Crippen LogP contribution in [-0.4, -0.2) is 36.6 Å². The van der Waals surface area contributed by atoms with E-state index in [1.54, 1.807) is 0 Å². The van der Waals surface area contributed by atoms with Crippen molar-refractivity contribution in [3.05, 3.63) is 58.7 Å². The fourth-order valence-corrected chi connectivity index (χ4v) is 4.43. The number of hydrogen-bond donors (Lipinski definition) is 3. The van der Waals surface area contributed by atoms with Crippen LogP contribution in [0.1, 0.15) is 62.0 Å². The maximum atomic E-state index is 10.3. The van der Waals surface area contributed by atoms with Gasteiger partial charge < -0.3 is 19.9 Å². The summed E-state index contributed by atoms with van der Waals surface area (Å²) in [5.41, 5.74) is 5.95. The van der Waals surface area contributed by atoms with Crippen molar-refractivity contribution in [3.8, 4) is 5.75 Å². The van der Waals surface area contributed by atoms with Crippen LogP contribution in [0.3, 0.4) is 0 Å². The summed E-state index contributed by atoms with van der Waals surface area (Å²) >= 11 is 0. The lowest BCUT2D eigenvalue weighted by Gasteiger charge is -2.34. The lowest BCUT2D eigenvalue weighted by molar-refractivity contribution is -0.108. The zero-order valence-electron chi connectivity index (χ0n) is 18.5. The molecule has 0 aliphatic carbocycles. The van der Waals surface area contributed by atoms with Crippen molar-refractivity contribution in [2.24, 2.45) is 0 Å². The first-order chi connectivity index (χ1) is 14.4. The summed E-state index contributed by atoms with van der Waals surface area (Å²) in [5, 5.41) is 16.9. The van der Waals surface area contributed by atoms with Crippen molar-refractivity contribution in [3.63, 3.8) is 0 Å². The van der Waals surface area contributed by atoms with Gasteiger partial charge in [-0.1, -0.05) is 31.2 Å². The standard InChI is InChI=1S/C25H34N2O3/c1-5-17-7-8-18(23-13-20(28)14-24(26-4)29-23)12-19(17)10-16-6-9-22-21(11-16)27-15-25(2,3)30-22/h6-9,11-12,20,23-24,26-28H,5,10,13-15H2,1-4H3. The first-order valence-electron chi connectivity index (χ1n) is 11.0. The molecule has 0 bridgehead atoms. The second kappa shape index (κ2) is 8.58. The number of rotatable bonds is 5.